The third-order valence-corrected chi connectivity index (χ3v) is 3.27. The molecule has 0 spiro atoms. The lowest BCUT2D eigenvalue weighted by molar-refractivity contribution is -0.122. The van der Waals surface area contributed by atoms with Crippen LogP contribution < -0.4 is 11.1 Å². The fourth-order valence-corrected chi connectivity index (χ4v) is 2.25. The summed E-state index contributed by atoms with van der Waals surface area (Å²) in [5, 5.41) is 2.86. The van der Waals surface area contributed by atoms with Crippen molar-refractivity contribution >= 4 is 11.6 Å². The smallest absolute Gasteiger partial charge is 0.220 e. The van der Waals surface area contributed by atoms with Crippen molar-refractivity contribution in [3.8, 4) is 0 Å². The molecule has 16 heavy (non-hydrogen) atoms. The Hall–Kier alpha value is -1.51. The zero-order valence-electron chi connectivity index (χ0n) is 9.62. The summed E-state index contributed by atoms with van der Waals surface area (Å²) in [6.07, 6.45) is 2.57. The van der Waals surface area contributed by atoms with Gasteiger partial charge in [0.15, 0.2) is 0 Å². The SMILES string of the molecule is CCc1cc(C2CCNC(=O)C2)ccc1N. The van der Waals surface area contributed by atoms with Crippen molar-refractivity contribution < 1.29 is 4.79 Å². The molecular formula is C13H18N2O. The summed E-state index contributed by atoms with van der Waals surface area (Å²) >= 11 is 0. The molecule has 0 radical (unpaired) electrons. The zero-order chi connectivity index (χ0) is 11.5. The molecule has 1 aliphatic heterocycles. The molecule has 1 atom stereocenters. The molecule has 0 bridgehead atoms. The molecule has 3 heteroatoms. The van der Waals surface area contributed by atoms with E-state index >= 15 is 0 Å². The van der Waals surface area contributed by atoms with Gasteiger partial charge in [0, 0.05) is 18.7 Å². The molecule has 1 aromatic rings. The molecule has 1 aliphatic rings. The molecule has 0 aliphatic carbocycles. The van der Waals surface area contributed by atoms with E-state index in [0.29, 0.717) is 12.3 Å². The average molecular weight is 218 g/mol. The number of amides is 1. The van der Waals surface area contributed by atoms with E-state index in [4.69, 9.17) is 5.73 Å². The number of benzene rings is 1. The van der Waals surface area contributed by atoms with Crippen molar-refractivity contribution in [2.75, 3.05) is 12.3 Å². The number of piperidine rings is 1. The second-order valence-corrected chi connectivity index (χ2v) is 4.35. The van der Waals surface area contributed by atoms with Crippen molar-refractivity contribution in [1.82, 2.24) is 5.32 Å². The molecule has 1 aromatic carbocycles. The van der Waals surface area contributed by atoms with Crippen LogP contribution in [0.15, 0.2) is 18.2 Å². The monoisotopic (exact) mass is 218 g/mol. The van der Waals surface area contributed by atoms with Crippen LogP contribution in [0.4, 0.5) is 5.69 Å². The summed E-state index contributed by atoms with van der Waals surface area (Å²) in [6, 6.07) is 6.16. The summed E-state index contributed by atoms with van der Waals surface area (Å²) in [5.41, 5.74) is 9.17. The fourth-order valence-electron chi connectivity index (χ4n) is 2.25. The van der Waals surface area contributed by atoms with Crippen LogP contribution in [0.2, 0.25) is 0 Å². The molecule has 3 nitrogen and oxygen atoms in total. The Morgan fingerprint density at radius 3 is 3.00 bits per heavy atom. The predicted octanol–water partition coefficient (Wildman–Crippen LogP) is 1.82. The van der Waals surface area contributed by atoms with Crippen LogP contribution in [-0.2, 0) is 11.2 Å². The van der Waals surface area contributed by atoms with Gasteiger partial charge in [-0.3, -0.25) is 4.79 Å². The average Bonchev–Trinajstić information content (AvgIpc) is 2.29. The first-order valence-electron chi connectivity index (χ1n) is 5.85. The summed E-state index contributed by atoms with van der Waals surface area (Å²) in [7, 11) is 0. The van der Waals surface area contributed by atoms with Crippen LogP contribution in [0.3, 0.4) is 0 Å². The van der Waals surface area contributed by atoms with Gasteiger partial charge in [0.25, 0.3) is 0 Å². The lowest BCUT2D eigenvalue weighted by Crippen LogP contribution is -2.32. The normalized spacial score (nSPS) is 20.6. The molecule has 0 saturated carbocycles. The third-order valence-electron chi connectivity index (χ3n) is 3.27. The molecule has 0 aromatic heterocycles. The summed E-state index contributed by atoms with van der Waals surface area (Å²) in [5.74, 6) is 0.519. The van der Waals surface area contributed by atoms with E-state index in [9.17, 15) is 4.79 Å². The number of nitrogens with one attached hydrogen (secondary N) is 1. The number of carbonyl (C=O) groups excluding carboxylic acids is 1. The molecule has 1 saturated heterocycles. The highest BCUT2D eigenvalue weighted by molar-refractivity contribution is 5.77. The highest BCUT2D eigenvalue weighted by Crippen LogP contribution is 2.28. The first-order valence-corrected chi connectivity index (χ1v) is 5.85. The standard InChI is InChI=1S/C13H18N2O/c1-2-9-7-10(3-4-12(9)14)11-5-6-15-13(16)8-11/h3-4,7,11H,2,5-6,8,14H2,1H3,(H,15,16). The van der Waals surface area contributed by atoms with Gasteiger partial charge < -0.3 is 11.1 Å². The maximum absolute atomic E-state index is 11.3. The molecule has 1 heterocycles. The molecule has 3 N–H and O–H groups in total. The van der Waals surface area contributed by atoms with E-state index in [1.807, 2.05) is 6.07 Å². The number of hydrogen-bond acceptors (Lipinski definition) is 2. The minimum Gasteiger partial charge on any atom is -0.399 e. The Bertz CT molecular complexity index is 401. The molecule has 1 fully saturated rings. The second-order valence-electron chi connectivity index (χ2n) is 4.35. The molecule has 1 amide bonds. The number of nitrogen functional groups attached to an aromatic ring is 1. The number of carbonyl (C=O) groups is 1. The van der Waals surface area contributed by atoms with E-state index in [1.54, 1.807) is 0 Å². The molecule has 2 rings (SSSR count). The van der Waals surface area contributed by atoms with Gasteiger partial charge >= 0.3 is 0 Å². The van der Waals surface area contributed by atoms with Crippen molar-refractivity contribution in [2.45, 2.75) is 32.1 Å². The van der Waals surface area contributed by atoms with E-state index < -0.39 is 0 Å². The lowest BCUT2D eigenvalue weighted by atomic mass is 9.88. The van der Waals surface area contributed by atoms with Gasteiger partial charge in [0.1, 0.15) is 0 Å². The van der Waals surface area contributed by atoms with Crippen LogP contribution in [0.25, 0.3) is 0 Å². The number of hydrogen-bond donors (Lipinski definition) is 2. The van der Waals surface area contributed by atoms with E-state index in [-0.39, 0.29) is 5.91 Å². The van der Waals surface area contributed by atoms with Crippen molar-refractivity contribution in [3.63, 3.8) is 0 Å². The van der Waals surface area contributed by atoms with Crippen molar-refractivity contribution in [2.24, 2.45) is 0 Å². The number of anilines is 1. The van der Waals surface area contributed by atoms with Gasteiger partial charge in [0.2, 0.25) is 5.91 Å². The fraction of sp³-hybridized carbons (Fsp3) is 0.462. The van der Waals surface area contributed by atoms with Crippen molar-refractivity contribution in [1.29, 1.82) is 0 Å². The van der Waals surface area contributed by atoms with E-state index in [2.05, 4.69) is 24.4 Å². The predicted molar refractivity (Wildman–Crippen MR) is 65.2 cm³/mol. The minimum atomic E-state index is 0.158. The maximum atomic E-state index is 11.3. The molecule has 1 unspecified atom stereocenters. The van der Waals surface area contributed by atoms with Crippen LogP contribution in [0.1, 0.15) is 36.8 Å². The van der Waals surface area contributed by atoms with E-state index in [1.165, 1.54) is 11.1 Å². The summed E-state index contributed by atoms with van der Waals surface area (Å²) < 4.78 is 0. The number of nitrogens with two attached hydrogens (primary N) is 1. The largest absolute Gasteiger partial charge is 0.399 e. The maximum Gasteiger partial charge on any atom is 0.220 e. The number of aryl methyl sites for hydroxylation is 1. The first kappa shape index (κ1) is 11.0. The Morgan fingerprint density at radius 2 is 2.31 bits per heavy atom. The second kappa shape index (κ2) is 4.56. The molecule has 86 valence electrons. The Labute approximate surface area is 96.0 Å². The van der Waals surface area contributed by atoms with Crippen LogP contribution in [0, 0.1) is 0 Å². The van der Waals surface area contributed by atoms with Gasteiger partial charge in [-0.1, -0.05) is 19.1 Å². The van der Waals surface area contributed by atoms with Crippen LogP contribution in [0.5, 0.6) is 0 Å². The quantitative estimate of drug-likeness (QED) is 0.744. The molecular weight excluding hydrogens is 200 g/mol. The first-order chi connectivity index (χ1) is 7.70. The minimum absolute atomic E-state index is 0.158. The third kappa shape index (κ3) is 2.18. The Kier molecular flexibility index (Phi) is 3.13. The Morgan fingerprint density at radius 1 is 1.50 bits per heavy atom. The summed E-state index contributed by atoms with van der Waals surface area (Å²) in [4.78, 5) is 11.3. The Balaban J connectivity index is 2.22. The zero-order valence-corrected chi connectivity index (χ0v) is 9.62. The van der Waals surface area contributed by atoms with Crippen LogP contribution >= 0.6 is 0 Å². The van der Waals surface area contributed by atoms with Gasteiger partial charge in [-0.2, -0.15) is 0 Å². The lowest BCUT2D eigenvalue weighted by Gasteiger charge is -2.23. The van der Waals surface area contributed by atoms with Gasteiger partial charge in [-0.25, -0.2) is 0 Å². The number of rotatable bonds is 2. The summed E-state index contributed by atoms with van der Waals surface area (Å²) in [6.45, 7) is 2.89. The highest BCUT2D eigenvalue weighted by atomic mass is 16.1. The van der Waals surface area contributed by atoms with Crippen LogP contribution in [-0.4, -0.2) is 12.5 Å². The van der Waals surface area contributed by atoms with Gasteiger partial charge in [-0.15, -0.1) is 0 Å². The van der Waals surface area contributed by atoms with Gasteiger partial charge in [0.05, 0.1) is 0 Å². The van der Waals surface area contributed by atoms with Gasteiger partial charge in [-0.05, 0) is 36.0 Å². The highest BCUT2D eigenvalue weighted by Gasteiger charge is 2.20. The topological polar surface area (TPSA) is 55.1 Å². The van der Waals surface area contributed by atoms with E-state index in [0.717, 1.165) is 25.1 Å². The van der Waals surface area contributed by atoms with Crippen molar-refractivity contribution in [3.05, 3.63) is 29.3 Å².